The van der Waals surface area contributed by atoms with Crippen molar-refractivity contribution in [2.45, 2.75) is 32.2 Å². The number of aromatic amines is 1. The average Bonchev–Trinajstić information content (AvgIpc) is 3.82. The first-order valence-electron chi connectivity index (χ1n) is 13.4. The lowest BCUT2D eigenvalue weighted by atomic mass is 10.1. The third-order valence-corrected chi connectivity index (χ3v) is 7.10. The molecule has 10 nitrogen and oxygen atoms in total. The fourth-order valence-corrected chi connectivity index (χ4v) is 4.84. The van der Waals surface area contributed by atoms with Crippen LogP contribution in [-0.4, -0.2) is 71.4 Å². The van der Waals surface area contributed by atoms with Gasteiger partial charge in [-0.1, -0.05) is 40.2 Å². The molecule has 4 aromatic rings. The molecular weight excluding hydrogens is 588 g/mol. The first kappa shape index (κ1) is 29.6. The van der Waals surface area contributed by atoms with Crippen molar-refractivity contribution in [2.24, 2.45) is 0 Å². The molecule has 11 heteroatoms. The van der Waals surface area contributed by atoms with E-state index < -0.39 is 0 Å². The third kappa shape index (κ3) is 7.43. The SMILES string of the molecule is O=C1c2ccccc2C(=O)N1CCCCBr.O=C1c2ccccc2C(=O)N1CCCCn1ccnc1.c1c[nH]cn1. The van der Waals surface area contributed by atoms with Crippen LogP contribution >= 0.6 is 15.9 Å². The number of unbranched alkanes of at least 4 members (excludes halogenated alkanes) is 2. The molecule has 0 fully saturated rings. The maximum absolute atomic E-state index is 12.1. The number of imidazole rings is 2. The molecule has 2 aromatic heterocycles. The quantitative estimate of drug-likeness (QED) is 0.163. The summed E-state index contributed by atoms with van der Waals surface area (Å²) in [5.41, 5.74) is 2.11. The highest BCUT2D eigenvalue weighted by atomic mass is 79.9. The molecular formula is C30H31BrN6O4. The number of aryl methyl sites for hydroxylation is 1. The van der Waals surface area contributed by atoms with Crippen molar-refractivity contribution >= 4 is 39.6 Å². The highest BCUT2D eigenvalue weighted by Crippen LogP contribution is 2.23. The van der Waals surface area contributed by atoms with Crippen molar-refractivity contribution in [1.82, 2.24) is 29.3 Å². The van der Waals surface area contributed by atoms with Crippen LogP contribution in [0, 0.1) is 0 Å². The summed E-state index contributed by atoms with van der Waals surface area (Å²) in [6.07, 6.45) is 14.0. The van der Waals surface area contributed by atoms with Crippen molar-refractivity contribution in [3.63, 3.8) is 0 Å². The normalized spacial score (nSPS) is 13.4. The Kier molecular flexibility index (Phi) is 10.7. The van der Waals surface area contributed by atoms with E-state index in [1.807, 2.05) is 10.8 Å². The Labute approximate surface area is 246 Å². The molecule has 6 rings (SSSR count). The van der Waals surface area contributed by atoms with Gasteiger partial charge in [0.2, 0.25) is 0 Å². The summed E-state index contributed by atoms with van der Waals surface area (Å²) >= 11 is 3.33. The van der Waals surface area contributed by atoms with E-state index in [4.69, 9.17) is 0 Å². The van der Waals surface area contributed by atoms with E-state index in [2.05, 4.69) is 30.9 Å². The number of rotatable bonds is 9. The lowest BCUT2D eigenvalue weighted by molar-refractivity contribution is 0.0636. The van der Waals surface area contributed by atoms with Crippen LogP contribution < -0.4 is 0 Å². The first-order valence-corrected chi connectivity index (χ1v) is 14.5. The number of aromatic nitrogens is 4. The second-order valence-electron chi connectivity index (χ2n) is 9.28. The van der Waals surface area contributed by atoms with Gasteiger partial charge in [0.1, 0.15) is 0 Å². The van der Waals surface area contributed by atoms with E-state index in [-0.39, 0.29) is 23.6 Å². The van der Waals surface area contributed by atoms with Gasteiger partial charge in [-0.2, -0.15) is 0 Å². The van der Waals surface area contributed by atoms with Gasteiger partial charge in [0.15, 0.2) is 0 Å². The van der Waals surface area contributed by atoms with Gasteiger partial charge in [0, 0.05) is 49.8 Å². The Hall–Kier alpha value is -4.38. The number of hydrogen-bond donors (Lipinski definition) is 1. The molecule has 0 aliphatic carbocycles. The van der Waals surface area contributed by atoms with Gasteiger partial charge in [-0.05, 0) is 49.9 Å². The van der Waals surface area contributed by atoms with Crippen molar-refractivity contribution in [3.8, 4) is 0 Å². The summed E-state index contributed by atoms with van der Waals surface area (Å²) < 4.78 is 1.99. The summed E-state index contributed by atoms with van der Waals surface area (Å²) in [7, 11) is 0. The summed E-state index contributed by atoms with van der Waals surface area (Å²) in [5.74, 6) is -0.660. The Morgan fingerprint density at radius 2 is 1.12 bits per heavy atom. The Morgan fingerprint density at radius 3 is 1.49 bits per heavy atom. The minimum atomic E-state index is -0.173. The maximum atomic E-state index is 12.1. The fraction of sp³-hybridized carbons (Fsp3) is 0.267. The molecule has 0 atom stereocenters. The van der Waals surface area contributed by atoms with E-state index in [1.165, 1.54) is 9.80 Å². The van der Waals surface area contributed by atoms with Gasteiger partial charge in [0.05, 0.1) is 34.9 Å². The van der Waals surface area contributed by atoms with Gasteiger partial charge in [0.25, 0.3) is 23.6 Å². The van der Waals surface area contributed by atoms with Crippen molar-refractivity contribution in [3.05, 3.63) is 108 Å². The standard InChI is InChI=1S/C15H15N3O2.C12H12BrNO2.C3H4N2/c19-14-12-5-1-2-6-13(12)15(20)18(14)9-4-3-8-17-10-7-16-11-17;13-7-3-4-8-14-11(15)9-5-1-2-6-10(9)12(14)16;1-2-5-3-4-1/h1-2,5-7,10-11H,3-4,8-9H2;1-2,5-6H,3-4,7-8H2;1-3H,(H,4,5). The maximum Gasteiger partial charge on any atom is 0.261 e. The molecule has 4 heterocycles. The van der Waals surface area contributed by atoms with Crippen LogP contribution in [0.25, 0.3) is 0 Å². The summed E-state index contributed by atoms with van der Waals surface area (Å²) in [5, 5.41) is 0.899. The number of carbonyl (C=O) groups excluding carboxylic acids is 4. The molecule has 2 aromatic carbocycles. The van der Waals surface area contributed by atoms with Crippen molar-refractivity contribution in [2.75, 3.05) is 18.4 Å². The van der Waals surface area contributed by atoms with E-state index in [0.29, 0.717) is 35.3 Å². The average molecular weight is 620 g/mol. The van der Waals surface area contributed by atoms with Crippen LogP contribution in [-0.2, 0) is 6.54 Å². The zero-order valence-electron chi connectivity index (χ0n) is 22.5. The molecule has 0 radical (unpaired) electrons. The molecule has 1 N–H and O–H groups in total. The number of amides is 4. The number of hydrogen-bond acceptors (Lipinski definition) is 6. The molecule has 2 aliphatic rings. The molecule has 0 saturated heterocycles. The van der Waals surface area contributed by atoms with Crippen LogP contribution in [0.3, 0.4) is 0 Å². The molecule has 0 bridgehead atoms. The summed E-state index contributed by atoms with van der Waals surface area (Å²) in [6, 6.07) is 14.0. The van der Waals surface area contributed by atoms with Crippen LogP contribution in [0.5, 0.6) is 0 Å². The van der Waals surface area contributed by atoms with Gasteiger partial charge in [-0.3, -0.25) is 29.0 Å². The summed E-state index contributed by atoms with van der Waals surface area (Å²) in [6.45, 7) is 1.84. The van der Waals surface area contributed by atoms with Crippen LogP contribution in [0.1, 0.15) is 67.1 Å². The van der Waals surface area contributed by atoms with Crippen LogP contribution in [0.15, 0.2) is 86.0 Å². The predicted molar refractivity (Wildman–Crippen MR) is 157 cm³/mol. The summed E-state index contributed by atoms with van der Waals surface area (Å²) in [4.78, 5) is 61.1. The van der Waals surface area contributed by atoms with Crippen LogP contribution in [0.4, 0.5) is 0 Å². The zero-order chi connectivity index (χ0) is 29.0. The lowest BCUT2D eigenvalue weighted by Crippen LogP contribution is -2.30. The highest BCUT2D eigenvalue weighted by molar-refractivity contribution is 9.09. The molecule has 0 unspecified atom stereocenters. The monoisotopic (exact) mass is 618 g/mol. The van der Waals surface area contributed by atoms with Gasteiger partial charge >= 0.3 is 0 Å². The minimum Gasteiger partial charge on any atom is -0.351 e. The molecule has 0 spiro atoms. The smallest absolute Gasteiger partial charge is 0.261 e. The zero-order valence-corrected chi connectivity index (χ0v) is 24.1. The number of benzene rings is 2. The van der Waals surface area contributed by atoms with E-state index in [9.17, 15) is 19.2 Å². The number of fused-ring (bicyclic) bond motifs is 2. The molecule has 4 amide bonds. The topological polar surface area (TPSA) is 121 Å². The lowest BCUT2D eigenvalue weighted by Gasteiger charge is -2.13. The van der Waals surface area contributed by atoms with Crippen molar-refractivity contribution in [1.29, 1.82) is 0 Å². The highest BCUT2D eigenvalue weighted by Gasteiger charge is 2.35. The molecule has 2 aliphatic heterocycles. The molecule has 0 saturated carbocycles. The Morgan fingerprint density at radius 1 is 0.634 bits per heavy atom. The minimum absolute atomic E-state index is 0.157. The first-order chi connectivity index (χ1) is 20.0. The van der Waals surface area contributed by atoms with Crippen molar-refractivity contribution < 1.29 is 19.2 Å². The number of nitrogens with zero attached hydrogens (tertiary/aromatic N) is 5. The van der Waals surface area contributed by atoms with E-state index >= 15 is 0 Å². The third-order valence-electron chi connectivity index (χ3n) is 6.53. The number of alkyl halides is 1. The molecule has 41 heavy (non-hydrogen) atoms. The second-order valence-corrected chi connectivity index (χ2v) is 10.1. The number of carbonyl (C=O) groups is 4. The van der Waals surface area contributed by atoms with Gasteiger partial charge in [-0.15, -0.1) is 0 Å². The predicted octanol–water partition coefficient (Wildman–Crippen LogP) is 4.83. The van der Waals surface area contributed by atoms with Gasteiger partial charge in [-0.25, -0.2) is 9.97 Å². The Balaban J connectivity index is 0.000000164. The van der Waals surface area contributed by atoms with E-state index in [1.54, 1.807) is 79.8 Å². The van der Waals surface area contributed by atoms with Crippen LogP contribution in [0.2, 0.25) is 0 Å². The second kappa shape index (κ2) is 14.8. The largest absolute Gasteiger partial charge is 0.351 e. The van der Waals surface area contributed by atoms with E-state index in [0.717, 1.165) is 37.6 Å². The number of imide groups is 2. The molecule has 212 valence electrons. The number of nitrogens with one attached hydrogen (secondary N) is 1. The Bertz CT molecular complexity index is 1370. The number of H-pyrrole nitrogens is 1. The van der Waals surface area contributed by atoms with Gasteiger partial charge < -0.3 is 9.55 Å². The fourth-order valence-electron chi connectivity index (χ4n) is 4.45. The number of halogens is 1.